The molecule has 0 aliphatic carbocycles. The topological polar surface area (TPSA) is 24.9 Å². The second kappa shape index (κ2) is 5.78. The maximum atomic E-state index is 4.55. The van der Waals surface area contributed by atoms with Gasteiger partial charge in [-0.25, -0.2) is 0 Å². The molecule has 2 nitrogen and oxygen atoms in total. The van der Waals surface area contributed by atoms with Gasteiger partial charge in [0, 0.05) is 17.1 Å². The quantitative estimate of drug-likeness (QED) is 0.884. The van der Waals surface area contributed by atoms with E-state index >= 15 is 0 Å². The molecule has 0 radical (unpaired) electrons. The normalized spacial score (nSPS) is 13.3. The molecule has 1 atom stereocenters. The zero-order chi connectivity index (χ0) is 13.0. The molecular formula is C16H20N2. The molecule has 18 heavy (non-hydrogen) atoms. The van der Waals surface area contributed by atoms with Crippen molar-refractivity contribution in [3.8, 4) is 0 Å². The monoisotopic (exact) mass is 240 g/mol. The van der Waals surface area contributed by atoms with Crippen molar-refractivity contribution in [2.24, 2.45) is 0 Å². The van der Waals surface area contributed by atoms with Crippen molar-refractivity contribution in [2.45, 2.75) is 26.8 Å². The van der Waals surface area contributed by atoms with Crippen LogP contribution < -0.4 is 5.32 Å². The largest absolute Gasteiger partial charge is 0.311 e. The van der Waals surface area contributed by atoms with Gasteiger partial charge in [0.25, 0.3) is 0 Å². The van der Waals surface area contributed by atoms with Gasteiger partial charge in [-0.1, -0.05) is 37.3 Å². The van der Waals surface area contributed by atoms with Crippen molar-refractivity contribution in [3.05, 3.63) is 47.7 Å². The van der Waals surface area contributed by atoms with E-state index in [1.165, 1.54) is 10.9 Å². The molecule has 1 unspecified atom stereocenters. The number of pyridine rings is 1. The van der Waals surface area contributed by atoms with Crippen LogP contribution in [0.4, 0.5) is 0 Å². The van der Waals surface area contributed by atoms with Crippen molar-refractivity contribution in [2.75, 3.05) is 6.54 Å². The summed E-state index contributed by atoms with van der Waals surface area (Å²) >= 11 is 0. The third kappa shape index (κ3) is 2.96. The highest BCUT2D eigenvalue weighted by Crippen LogP contribution is 2.19. The molecule has 2 rings (SSSR count). The summed E-state index contributed by atoms with van der Waals surface area (Å²) in [6.07, 6.45) is 4.38. The van der Waals surface area contributed by atoms with Gasteiger partial charge < -0.3 is 5.32 Å². The van der Waals surface area contributed by atoms with E-state index in [4.69, 9.17) is 0 Å². The van der Waals surface area contributed by atoms with Gasteiger partial charge in [-0.3, -0.25) is 4.98 Å². The number of hydrogen-bond donors (Lipinski definition) is 1. The van der Waals surface area contributed by atoms with E-state index in [2.05, 4.69) is 60.6 Å². The molecule has 1 aromatic carbocycles. The minimum Gasteiger partial charge on any atom is -0.311 e. The first-order chi connectivity index (χ1) is 8.70. The maximum absolute atomic E-state index is 4.55. The van der Waals surface area contributed by atoms with Crippen LogP contribution in [0.2, 0.25) is 0 Å². The fourth-order valence-electron chi connectivity index (χ4n) is 2.12. The molecule has 1 heterocycles. The van der Waals surface area contributed by atoms with E-state index in [9.17, 15) is 0 Å². The average Bonchev–Trinajstić information content (AvgIpc) is 2.36. The molecule has 0 spiro atoms. The lowest BCUT2D eigenvalue weighted by atomic mass is 10.1. The van der Waals surface area contributed by atoms with Crippen LogP contribution in [-0.4, -0.2) is 17.6 Å². The van der Waals surface area contributed by atoms with Crippen molar-refractivity contribution >= 4 is 17.0 Å². The predicted octanol–water partition coefficient (Wildman–Crippen LogP) is 3.55. The molecule has 0 saturated heterocycles. The zero-order valence-electron chi connectivity index (χ0n) is 11.3. The van der Waals surface area contributed by atoms with Crippen molar-refractivity contribution in [1.82, 2.24) is 10.3 Å². The second-order valence-electron chi connectivity index (χ2n) is 4.58. The van der Waals surface area contributed by atoms with Gasteiger partial charge >= 0.3 is 0 Å². The molecule has 94 valence electrons. The van der Waals surface area contributed by atoms with E-state index in [0.29, 0.717) is 6.04 Å². The van der Waals surface area contributed by atoms with Gasteiger partial charge in [0.15, 0.2) is 0 Å². The van der Waals surface area contributed by atoms with Crippen LogP contribution in [0.15, 0.2) is 36.4 Å². The van der Waals surface area contributed by atoms with Gasteiger partial charge in [0.2, 0.25) is 0 Å². The molecule has 0 aliphatic heterocycles. The van der Waals surface area contributed by atoms with Crippen LogP contribution in [0.5, 0.6) is 0 Å². The number of aromatic nitrogens is 1. The summed E-state index contributed by atoms with van der Waals surface area (Å²) < 4.78 is 0. The minimum absolute atomic E-state index is 0.391. The maximum Gasteiger partial charge on any atom is 0.0711 e. The fourth-order valence-corrected chi connectivity index (χ4v) is 2.12. The summed E-state index contributed by atoms with van der Waals surface area (Å²) in [4.78, 5) is 4.55. The Bertz CT molecular complexity index is 558. The van der Waals surface area contributed by atoms with Gasteiger partial charge in [-0.05, 0) is 38.1 Å². The lowest BCUT2D eigenvalue weighted by molar-refractivity contribution is 0.663. The average molecular weight is 240 g/mol. The van der Waals surface area contributed by atoms with Crippen LogP contribution in [-0.2, 0) is 0 Å². The summed E-state index contributed by atoms with van der Waals surface area (Å²) in [5, 5.41) is 4.59. The van der Waals surface area contributed by atoms with Crippen molar-refractivity contribution < 1.29 is 0 Å². The lowest BCUT2D eigenvalue weighted by Gasteiger charge is -2.07. The number of rotatable bonds is 4. The van der Waals surface area contributed by atoms with Gasteiger partial charge in [0.1, 0.15) is 0 Å². The predicted molar refractivity (Wildman–Crippen MR) is 78.7 cm³/mol. The number of aryl methyl sites for hydroxylation is 1. The lowest BCUT2D eigenvalue weighted by Crippen LogP contribution is -2.22. The number of likely N-dealkylation sites (N-methyl/N-ethyl adjacent to an activating group) is 1. The Morgan fingerprint density at radius 3 is 2.89 bits per heavy atom. The first-order valence-corrected chi connectivity index (χ1v) is 6.48. The summed E-state index contributed by atoms with van der Waals surface area (Å²) in [6.45, 7) is 7.31. The Labute approximate surface area is 109 Å². The molecule has 0 saturated carbocycles. The molecular weight excluding hydrogens is 220 g/mol. The third-order valence-corrected chi connectivity index (χ3v) is 2.97. The van der Waals surface area contributed by atoms with Crippen LogP contribution in [0.3, 0.4) is 0 Å². The standard InChI is InChI=1S/C16H20N2/c1-4-17-12(2)9-10-14-11-13(3)18-16-8-6-5-7-15(14)16/h5-12,17H,4H2,1-3H3/b10-9+. The molecule has 2 heteroatoms. The van der Waals surface area contributed by atoms with E-state index in [-0.39, 0.29) is 0 Å². The van der Waals surface area contributed by atoms with Crippen LogP contribution in [0.1, 0.15) is 25.1 Å². The Balaban J connectivity index is 2.38. The molecule has 1 N–H and O–H groups in total. The SMILES string of the molecule is CCNC(C)/C=C/c1cc(C)nc2ccccc12. The molecule has 0 fully saturated rings. The van der Waals surface area contributed by atoms with Gasteiger partial charge in [-0.15, -0.1) is 0 Å². The number of benzene rings is 1. The molecule has 0 aliphatic rings. The second-order valence-corrected chi connectivity index (χ2v) is 4.58. The fraction of sp³-hybridized carbons (Fsp3) is 0.312. The molecule has 0 bridgehead atoms. The number of nitrogens with zero attached hydrogens (tertiary/aromatic N) is 1. The summed E-state index contributed by atoms with van der Waals surface area (Å²) in [5.74, 6) is 0. The van der Waals surface area contributed by atoms with E-state index in [0.717, 1.165) is 17.8 Å². The highest BCUT2D eigenvalue weighted by Gasteiger charge is 2.01. The van der Waals surface area contributed by atoms with Gasteiger partial charge in [0.05, 0.1) is 5.52 Å². The van der Waals surface area contributed by atoms with E-state index in [1.807, 2.05) is 13.0 Å². The van der Waals surface area contributed by atoms with Crippen molar-refractivity contribution in [1.29, 1.82) is 0 Å². The Morgan fingerprint density at radius 1 is 1.33 bits per heavy atom. The minimum atomic E-state index is 0.391. The summed E-state index contributed by atoms with van der Waals surface area (Å²) in [6, 6.07) is 10.8. The number of fused-ring (bicyclic) bond motifs is 1. The Morgan fingerprint density at radius 2 is 2.11 bits per heavy atom. The summed E-state index contributed by atoms with van der Waals surface area (Å²) in [5.41, 5.74) is 3.36. The first-order valence-electron chi connectivity index (χ1n) is 6.48. The first kappa shape index (κ1) is 12.8. The Hall–Kier alpha value is -1.67. The van der Waals surface area contributed by atoms with Gasteiger partial charge in [-0.2, -0.15) is 0 Å². The van der Waals surface area contributed by atoms with Crippen LogP contribution >= 0.6 is 0 Å². The van der Waals surface area contributed by atoms with Crippen LogP contribution in [0.25, 0.3) is 17.0 Å². The van der Waals surface area contributed by atoms with E-state index in [1.54, 1.807) is 0 Å². The highest BCUT2D eigenvalue weighted by molar-refractivity contribution is 5.88. The van der Waals surface area contributed by atoms with Crippen molar-refractivity contribution in [3.63, 3.8) is 0 Å². The Kier molecular flexibility index (Phi) is 4.11. The van der Waals surface area contributed by atoms with Crippen LogP contribution in [0, 0.1) is 6.92 Å². The third-order valence-electron chi connectivity index (χ3n) is 2.97. The number of para-hydroxylation sites is 1. The number of hydrogen-bond acceptors (Lipinski definition) is 2. The molecule has 2 aromatic rings. The molecule has 1 aromatic heterocycles. The summed E-state index contributed by atoms with van der Waals surface area (Å²) in [7, 11) is 0. The smallest absolute Gasteiger partial charge is 0.0711 e. The van der Waals surface area contributed by atoms with E-state index < -0.39 is 0 Å². The highest BCUT2D eigenvalue weighted by atomic mass is 14.9. The number of nitrogens with one attached hydrogen (secondary N) is 1. The molecule has 0 amide bonds. The zero-order valence-corrected chi connectivity index (χ0v) is 11.3.